The molecule has 0 radical (unpaired) electrons. The number of rotatable bonds is 1. The number of nitrogens with zero attached hydrogens (tertiary/aromatic N) is 2. The van der Waals surface area contributed by atoms with Crippen LogP contribution in [0.2, 0.25) is 0 Å². The second kappa shape index (κ2) is 13.3. The Balaban J connectivity index is 1.30. The van der Waals surface area contributed by atoms with Crippen LogP contribution in [0, 0.1) is 0 Å². The van der Waals surface area contributed by atoms with Gasteiger partial charge in [0.05, 0.1) is 11.0 Å². The summed E-state index contributed by atoms with van der Waals surface area (Å²) in [6, 6.07) is 35.7. The third-order valence-electron chi connectivity index (χ3n) is 20.3. The highest BCUT2D eigenvalue weighted by atomic mass is 15.1. The van der Waals surface area contributed by atoms with Crippen LogP contribution in [0.5, 0.6) is 0 Å². The van der Waals surface area contributed by atoms with E-state index in [0.29, 0.717) is 0 Å². The Bertz CT molecular complexity index is 3500. The minimum atomic E-state index is -0.224. The molecule has 0 amide bonds. The first-order chi connectivity index (χ1) is 32.6. The van der Waals surface area contributed by atoms with Gasteiger partial charge in [0.1, 0.15) is 0 Å². The van der Waals surface area contributed by atoms with Crippen molar-refractivity contribution >= 4 is 51.0 Å². The van der Waals surface area contributed by atoms with Crippen molar-refractivity contribution in [3.63, 3.8) is 0 Å². The van der Waals surface area contributed by atoms with Crippen LogP contribution in [0.15, 0.2) is 84.9 Å². The second-order valence-electron chi connectivity index (χ2n) is 28.9. The summed E-state index contributed by atoms with van der Waals surface area (Å²) in [5.41, 5.74) is 29.3. The third-order valence-corrected chi connectivity index (χ3v) is 20.3. The van der Waals surface area contributed by atoms with Gasteiger partial charge in [-0.15, -0.1) is 0 Å². The molecule has 0 saturated carbocycles. The van der Waals surface area contributed by atoms with Crippen molar-refractivity contribution in [2.75, 3.05) is 4.81 Å². The van der Waals surface area contributed by atoms with Crippen LogP contribution in [-0.2, 0) is 43.3 Å². The monoisotopic (exact) mass is 921 g/mol. The van der Waals surface area contributed by atoms with Crippen LogP contribution in [0.1, 0.15) is 206 Å². The summed E-state index contributed by atoms with van der Waals surface area (Å²) in [6.07, 6.45) is 7.12. The zero-order valence-electron chi connectivity index (χ0n) is 45.8. The maximum Gasteiger partial charge on any atom is 0.333 e. The van der Waals surface area contributed by atoms with E-state index in [4.69, 9.17) is 0 Å². The molecular weight excluding hydrogens is 844 g/mol. The molecule has 2 nitrogen and oxygen atoms in total. The molecule has 0 spiro atoms. The quantitative estimate of drug-likeness (QED) is 0.149. The average molecular weight is 921 g/mol. The lowest BCUT2D eigenvalue weighted by molar-refractivity contribution is 0.332. The molecule has 358 valence electrons. The van der Waals surface area contributed by atoms with Gasteiger partial charge in [0.25, 0.3) is 0 Å². The Morgan fingerprint density at radius 2 is 0.957 bits per heavy atom. The second-order valence-corrected chi connectivity index (χ2v) is 28.9. The van der Waals surface area contributed by atoms with Gasteiger partial charge < -0.3 is 9.38 Å². The average Bonchev–Trinajstić information content (AvgIpc) is 3.75. The lowest BCUT2D eigenvalue weighted by Crippen LogP contribution is -2.61. The lowest BCUT2D eigenvalue weighted by Gasteiger charge is -2.48. The predicted molar refractivity (Wildman–Crippen MR) is 302 cm³/mol. The highest BCUT2D eigenvalue weighted by Gasteiger charge is 2.53. The summed E-state index contributed by atoms with van der Waals surface area (Å²) in [5, 5.41) is 2.91. The van der Waals surface area contributed by atoms with E-state index in [1.807, 2.05) is 0 Å². The highest BCUT2D eigenvalue weighted by molar-refractivity contribution is 6.94. The van der Waals surface area contributed by atoms with Crippen LogP contribution in [0.25, 0.3) is 49.7 Å². The maximum absolute atomic E-state index is 2.85. The molecule has 0 fully saturated rings. The van der Waals surface area contributed by atoms with Gasteiger partial charge in [0.2, 0.25) is 0 Å². The van der Waals surface area contributed by atoms with E-state index in [-0.39, 0.29) is 50.2 Å². The molecule has 4 aliphatic carbocycles. The predicted octanol–water partition coefficient (Wildman–Crippen LogP) is 16.7. The summed E-state index contributed by atoms with van der Waals surface area (Å²) >= 11 is 0. The Morgan fingerprint density at radius 3 is 1.51 bits per heavy atom. The highest BCUT2D eigenvalue weighted by Crippen LogP contribution is 2.62. The molecule has 0 N–H and O–H groups in total. The number of anilines is 2. The Hall–Kier alpha value is -5.02. The van der Waals surface area contributed by atoms with Crippen LogP contribution in [0.3, 0.4) is 0 Å². The molecule has 3 heteroatoms. The fourth-order valence-corrected chi connectivity index (χ4v) is 15.4. The summed E-state index contributed by atoms with van der Waals surface area (Å²) in [5.74, 6) is 0. The zero-order valence-corrected chi connectivity index (χ0v) is 45.8. The summed E-state index contributed by atoms with van der Waals surface area (Å²) in [4.78, 5) is 2.85. The normalized spacial score (nSPS) is 21.6. The summed E-state index contributed by atoms with van der Waals surface area (Å²) in [6.45, 7) is 42.3. The van der Waals surface area contributed by atoms with E-state index >= 15 is 0 Å². The molecule has 1 aromatic heterocycles. The summed E-state index contributed by atoms with van der Waals surface area (Å²) < 4.78 is 2.85. The van der Waals surface area contributed by atoms with Crippen molar-refractivity contribution in [2.24, 2.45) is 0 Å². The van der Waals surface area contributed by atoms with Crippen molar-refractivity contribution in [1.29, 1.82) is 0 Å². The van der Waals surface area contributed by atoms with Gasteiger partial charge in [-0.1, -0.05) is 160 Å². The third kappa shape index (κ3) is 5.65. The first-order valence-electron chi connectivity index (χ1n) is 27.2. The van der Waals surface area contributed by atoms with Crippen LogP contribution >= 0.6 is 0 Å². The number of hydrogen-bond acceptors (Lipinski definition) is 1. The van der Waals surface area contributed by atoms with Gasteiger partial charge in [-0.3, -0.25) is 0 Å². The van der Waals surface area contributed by atoms with E-state index in [9.17, 15) is 0 Å². The Labute approximate surface area is 420 Å². The molecule has 6 aliphatic rings. The molecule has 6 aromatic carbocycles. The molecule has 0 bridgehead atoms. The molecule has 2 aliphatic heterocycles. The molecule has 0 atom stereocenters. The summed E-state index contributed by atoms with van der Waals surface area (Å²) in [7, 11) is 0. The zero-order chi connectivity index (χ0) is 49.6. The fraction of sp³-hybridized carbons (Fsp3) is 0.463. The fourth-order valence-electron chi connectivity index (χ4n) is 15.4. The number of hydrogen-bond donors (Lipinski definition) is 0. The van der Waals surface area contributed by atoms with Crippen molar-refractivity contribution < 1.29 is 0 Å². The van der Waals surface area contributed by atoms with Crippen molar-refractivity contribution in [3.05, 3.63) is 135 Å². The lowest BCUT2D eigenvalue weighted by atomic mass is 9.42. The van der Waals surface area contributed by atoms with Crippen molar-refractivity contribution in [3.8, 4) is 27.9 Å². The van der Waals surface area contributed by atoms with E-state index in [0.717, 1.165) is 0 Å². The number of aromatic nitrogens is 1. The Morgan fingerprint density at radius 1 is 0.471 bits per heavy atom. The van der Waals surface area contributed by atoms with Gasteiger partial charge in [-0.05, 0) is 197 Å². The van der Waals surface area contributed by atoms with E-state index in [1.165, 1.54) is 155 Å². The maximum atomic E-state index is 2.85. The number of fused-ring (bicyclic) bond motifs is 16. The first kappa shape index (κ1) is 44.9. The van der Waals surface area contributed by atoms with Crippen LogP contribution < -0.4 is 15.7 Å². The molecule has 7 aromatic rings. The van der Waals surface area contributed by atoms with Crippen LogP contribution in [-0.4, -0.2) is 11.4 Å². The molecule has 13 rings (SSSR count). The number of benzene rings is 6. The van der Waals surface area contributed by atoms with E-state index < -0.39 is 0 Å². The smallest absolute Gasteiger partial charge is 0.333 e. The van der Waals surface area contributed by atoms with Gasteiger partial charge in [0.15, 0.2) is 0 Å². The Kier molecular flexibility index (Phi) is 8.55. The minimum Gasteiger partial charge on any atom is -0.376 e. The first-order valence-corrected chi connectivity index (χ1v) is 27.2. The molecule has 70 heavy (non-hydrogen) atoms. The standard InChI is InChI=1S/C67H77BN2/c1-60(2,3)38-22-24-39(25-23-38)70-52-36-48-45(62(6,7)27-30-65(48,12)13)33-42(52)55-54-40-20-18-19-21-43(40)67(16,17)57(54)56-41-32-44-47(64(10,11)29-26-61(44,4)5)35-51(41)69-53-37-49-46(63(8,9)28-31-66(49,14)15)34-50(53)68(70)58(55)59(56)69/h18-25,32-37H,26-31H2,1-17H3. The molecule has 0 saturated heterocycles. The van der Waals surface area contributed by atoms with Gasteiger partial charge >= 0.3 is 6.85 Å². The topological polar surface area (TPSA) is 8.17 Å². The largest absolute Gasteiger partial charge is 0.376 e. The minimum absolute atomic E-state index is 0.0463. The van der Waals surface area contributed by atoms with Crippen LogP contribution in [0.4, 0.5) is 11.4 Å². The SMILES string of the molecule is CC(C)(C)c1ccc(N2B3c4cc5c(cc4-n4c6cc7c(cc6c6c8c(c(c3c64)-c3cc4c(cc32)C(C)(C)CCC4(C)C)-c2ccccc2C8(C)C)C(C)(C)CCC7(C)C)C(C)(C)CCC5(C)C)cc1. The van der Waals surface area contributed by atoms with Crippen molar-refractivity contribution in [1.82, 2.24) is 4.57 Å². The molecule has 0 unspecified atom stereocenters. The van der Waals surface area contributed by atoms with Gasteiger partial charge in [-0.2, -0.15) is 0 Å². The van der Waals surface area contributed by atoms with Gasteiger partial charge in [0, 0.05) is 38.8 Å². The van der Waals surface area contributed by atoms with E-state index in [1.54, 1.807) is 5.56 Å². The van der Waals surface area contributed by atoms with E-state index in [2.05, 4.69) is 212 Å². The van der Waals surface area contributed by atoms with Gasteiger partial charge in [-0.25, -0.2) is 0 Å². The molecular formula is C67H77BN2. The van der Waals surface area contributed by atoms with Crippen molar-refractivity contribution in [2.45, 2.75) is 200 Å². The molecule has 3 heterocycles.